The first-order chi connectivity index (χ1) is 16.3. The zero-order chi connectivity index (χ0) is 24.4. The van der Waals surface area contributed by atoms with Crippen molar-refractivity contribution in [3.63, 3.8) is 0 Å². The van der Waals surface area contributed by atoms with Crippen LogP contribution in [-0.2, 0) is 4.79 Å². The van der Waals surface area contributed by atoms with Crippen LogP contribution in [0.3, 0.4) is 0 Å². The molecule has 1 aromatic carbocycles. The van der Waals surface area contributed by atoms with Gasteiger partial charge in [-0.15, -0.1) is 0 Å². The standard InChI is InChI=1S/C27H33N5OS/c1-17(2)32-19(4)16-22(20(32)5)26-25(23-8-6-7-14-28-23)30-27(34)31(26)15-13-24(33)29-21-11-9-18(3)10-12-21/h6-12,14,16-17,25-26H,13,15H2,1-5H3,(H,29,33)(H,30,34)/t25-,26+/m0/s1. The Morgan fingerprint density at radius 1 is 1.15 bits per heavy atom. The number of hydrogen-bond donors (Lipinski definition) is 2. The summed E-state index contributed by atoms with van der Waals surface area (Å²) in [6, 6.07) is 16.3. The third kappa shape index (κ3) is 4.85. The van der Waals surface area contributed by atoms with Crippen molar-refractivity contribution in [2.24, 2.45) is 0 Å². The van der Waals surface area contributed by atoms with E-state index in [4.69, 9.17) is 12.2 Å². The van der Waals surface area contributed by atoms with Crippen LogP contribution in [-0.4, -0.2) is 32.0 Å². The largest absolute Gasteiger partial charge is 0.352 e. The van der Waals surface area contributed by atoms with Gasteiger partial charge in [0, 0.05) is 42.3 Å². The number of nitrogens with one attached hydrogen (secondary N) is 2. The topological polar surface area (TPSA) is 62.2 Å². The van der Waals surface area contributed by atoms with E-state index in [1.54, 1.807) is 0 Å². The molecule has 6 nitrogen and oxygen atoms in total. The lowest BCUT2D eigenvalue weighted by molar-refractivity contribution is -0.116. The first-order valence-electron chi connectivity index (χ1n) is 11.8. The van der Waals surface area contributed by atoms with Crippen LogP contribution >= 0.6 is 12.2 Å². The molecule has 4 rings (SSSR count). The molecule has 2 atom stereocenters. The summed E-state index contributed by atoms with van der Waals surface area (Å²) >= 11 is 5.77. The number of benzene rings is 1. The number of thiocarbonyl (C=S) groups is 1. The van der Waals surface area contributed by atoms with Crippen molar-refractivity contribution in [1.82, 2.24) is 19.8 Å². The Kier molecular flexibility index (Phi) is 7.03. The molecule has 0 bridgehead atoms. The van der Waals surface area contributed by atoms with Crippen LogP contribution in [0.5, 0.6) is 0 Å². The Morgan fingerprint density at radius 2 is 1.88 bits per heavy atom. The van der Waals surface area contributed by atoms with Gasteiger partial charge in [-0.3, -0.25) is 9.78 Å². The molecule has 3 heterocycles. The van der Waals surface area contributed by atoms with Crippen molar-refractivity contribution in [2.45, 2.75) is 59.2 Å². The van der Waals surface area contributed by atoms with E-state index < -0.39 is 0 Å². The maximum atomic E-state index is 12.8. The van der Waals surface area contributed by atoms with E-state index in [0.29, 0.717) is 24.1 Å². The quantitative estimate of drug-likeness (QED) is 0.449. The molecule has 2 aromatic heterocycles. The number of aromatic nitrogens is 2. The van der Waals surface area contributed by atoms with Crippen LogP contribution in [0.4, 0.5) is 5.69 Å². The zero-order valence-electron chi connectivity index (χ0n) is 20.5. The van der Waals surface area contributed by atoms with Crippen LogP contribution in [0.1, 0.15) is 66.6 Å². The van der Waals surface area contributed by atoms with E-state index in [9.17, 15) is 4.79 Å². The Bertz CT molecular complexity index is 1170. The summed E-state index contributed by atoms with van der Waals surface area (Å²) in [6.45, 7) is 11.3. The maximum Gasteiger partial charge on any atom is 0.226 e. The van der Waals surface area contributed by atoms with Gasteiger partial charge < -0.3 is 20.1 Å². The number of anilines is 1. The molecule has 1 fully saturated rings. The van der Waals surface area contributed by atoms with E-state index in [0.717, 1.165) is 16.9 Å². The number of carbonyl (C=O) groups excluding carboxylic acids is 1. The van der Waals surface area contributed by atoms with Gasteiger partial charge in [0.1, 0.15) is 0 Å². The van der Waals surface area contributed by atoms with Crippen LogP contribution in [0, 0.1) is 20.8 Å². The fraction of sp³-hybridized carbons (Fsp3) is 0.370. The summed E-state index contributed by atoms with van der Waals surface area (Å²) in [5.74, 6) is -0.0284. The first-order valence-corrected chi connectivity index (χ1v) is 12.2. The van der Waals surface area contributed by atoms with Crippen molar-refractivity contribution in [1.29, 1.82) is 0 Å². The van der Waals surface area contributed by atoms with Crippen LogP contribution in [0.25, 0.3) is 0 Å². The van der Waals surface area contributed by atoms with Gasteiger partial charge in [0.05, 0.1) is 17.8 Å². The minimum Gasteiger partial charge on any atom is -0.352 e. The highest BCUT2D eigenvalue weighted by atomic mass is 32.1. The molecule has 2 N–H and O–H groups in total. The Labute approximate surface area is 207 Å². The molecule has 3 aromatic rings. The van der Waals surface area contributed by atoms with Gasteiger partial charge in [0.15, 0.2) is 5.11 Å². The second kappa shape index (κ2) is 9.97. The molecule has 0 spiro atoms. The molecule has 0 aliphatic carbocycles. The molecule has 178 valence electrons. The van der Waals surface area contributed by atoms with E-state index in [-0.39, 0.29) is 18.0 Å². The fourth-order valence-electron chi connectivity index (χ4n) is 4.96. The molecule has 1 aliphatic rings. The third-order valence-corrected chi connectivity index (χ3v) is 6.82. The maximum absolute atomic E-state index is 12.8. The van der Waals surface area contributed by atoms with Crippen LogP contribution in [0.15, 0.2) is 54.7 Å². The SMILES string of the molecule is Cc1ccc(NC(=O)CCN2C(=S)N[C@@H](c3ccccn3)[C@H]2c2cc(C)n(C(C)C)c2C)cc1. The lowest BCUT2D eigenvalue weighted by atomic mass is 9.96. The second-order valence-electron chi connectivity index (χ2n) is 9.27. The fourth-order valence-corrected chi connectivity index (χ4v) is 5.30. The normalized spacial score (nSPS) is 17.8. The van der Waals surface area contributed by atoms with E-state index in [1.165, 1.54) is 17.0 Å². The summed E-state index contributed by atoms with van der Waals surface area (Å²) in [4.78, 5) is 19.5. The van der Waals surface area contributed by atoms with Gasteiger partial charge in [-0.1, -0.05) is 23.8 Å². The summed E-state index contributed by atoms with van der Waals surface area (Å²) < 4.78 is 2.36. The van der Waals surface area contributed by atoms with Crippen LogP contribution in [0.2, 0.25) is 0 Å². The summed E-state index contributed by atoms with van der Waals surface area (Å²) in [6.07, 6.45) is 2.15. The van der Waals surface area contributed by atoms with Gasteiger partial charge in [-0.05, 0) is 82.7 Å². The van der Waals surface area contributed by atoms with Crippen LogP contribution < -0.4 is 10.6 Å². The number of aryl methyl sites for hydroxylation is 2. The molecule has 0 unspecified atom stereocenters. The number of hydrogen-bond acceptors (Lipinski definition) is 3. The predicted octanol–water partition coefficient (Wildman–Crippen LogP) is 5.39. The third-order valence-electron chi connectivity index (χ3n) is 6.47. The number of carbonyl (C=O) groups is 1. The van der Waals surface area contributed by atoms with Crippen molar-refractivity contribution in [2.75, 3.05) is 11.9 Å². The van der Waals surface area contributed by atoms with Gasteiger partial charge in [0.25, 0.3) is 0 Å². The van der Waals surface area contributed by atoms with Gasteiger partial charge in [-0.2, -0.15) is 0 Å². The number of nitrogens with zero attached hydrogens (tertiary/aromatic N) is 3. The molecular formula is C27H33N5OS. The predicted molar refractivity (Wildman–Crippen MR) is 141 cm³/mol. The van der Waals surface area contributed by atoms with Gasteiger partial charge in [-0.25, -0.2) is 0 Å². The van der Waals surface area contributed by atoms with E-state index >= 15 is 0 Å². The lowest BCUT2D eigenvalue weighted by Crippen LogP contribution is -2.33. The van der Waals surface area contributed by atoms with Crippen molar-refractivity contribution >= 4 is 28.9 Å². The molecule has 34 heavy (non-hydrogen) atoms. The monoisotopic (exact) mass is 475 g/mol. The highest BCUT2D eigenvalue weighted by Gasteiger charge is 2.41. The lowest BCUT2D eigenvalue weighted by Gasteiger charge is -2.28. The second-order valence-corrected chi connectivity index (χ2v) is 9.66. The number of amides is 1. The Balaban J connectivity index is 1.61. The molecular weight excluding hydrogens is 442 g/mol. The van der Waals surface area contributed by atoms with Crippen molar-refractivity contribution in [3.8, 4) is 0 Å². The number of pyridine rings is 1. The summed E-state index contributed by atoms with van der Waals surface area (Å²) in [5, 5.41) is 7.14. The molecule has 0 saturated carbocycles. The average molecular weight is 476 g/mol. The number of rotatable bonds is 7. The molecule has 0 radical (unpaired) electrons. The Hall–Kier alpha value is -3.19. The molecule has 1 saturated heterocycles. The first kappa shape index (κ1) is 24.0. The molecule has 7 heteroatoms. The highest BCUT2D eigenvalue weighted by molar-refractivity contribution is 7.80. The van der Waals surface area contributed by atoms with Gasteiger partial charge in [0.2, 0.25) is 5.91 Å². The molecule has 1 amide bonds. The summed E-state index contributed by atoms with van der Waals surface area (Å²) in [5.41, 5.74) is 6.56. The Morgan fingerprint density at radius 3 is 2.50 bits per heavy atom. The molecule has 1 aliphatic heterocycles. The van der Waals surface area contributed by atoms with Crippen molar-refractivity contribution < 1.29 is 4.79 Å². The smallest absolute Gasteiger partial charge is 0.226 e. The minimum atomic E-state index is -0.0880. The average Bonchev–Trinajstić information content (AvgIpc) is 3.29. The highest BCUT2D eigenvalue weighted by Crippen LogP contribution is 2.41. The van der Waals surface area contributed by atoms with Gasteiger partial charge >= 0.3 is 0 Å². The van der Waals surface area contributed by atoms with E-state index in [1.807, 2.05) is 55.6 Å². The van der Waals surface area contributed by atoms with Crippen molar-refractivity contribution in [3.05, 3.63) is 82.9 Å². The minimum absolute atomic E-state index is 0.0284. The summed E-state index contributed by atoms with van der Waals surface area (Å²) in [7, 11) is 0. The zero-order valence-corrected chi connectivity index (χ0v) is 21.3. The van der Waals surface area contributed by atoms with E-state index in [2.05, 4.69) is 58.8 Å².